The summed E-state index contributed by atoms with van der Waals surface area (Å²) >= 11 is 0. The molecular weight excluding hydrogens is 231 g/mol. The van der Waals surface area contributed by atoms with E-state index in [2.05, 4.69) is 10.1 Å². The average molecular weight is 241 g/mol. The Labute approximate surface area is 95.9 Å². The van der Waals surface area contributed by atoms with Gasteiger partial charge in [-0.2, -0.15) is 14.5 Å². The van der Waals surface area contributed by atoms with Gasteiger partial charge in [0.15, 0.2) is 17.5 Å². The van der Waals surface area contributed by atoms with Crippen LogP contribution in [0.3, 0.4) is 0 Å². The Morgan fingerprint density at radius 1 is 1.18 bits per heavy atom. The zero-order valence-corrected chi connectivity index (χ0v) is 9.28. The van der Waals surface area contributed by atoms with Crippen LogP contribution in [-0.2, 0) is 0 Å². The summed E-state index contributed by atoms with van der Waals surface area (Å²) in [6, 6.07) is 2.13. The van der Waals surface area contributed by atoms with Gasteiger partial charge in [0, 0.05) is 12.3 Å². The maximum absolute atomic E-state index is 13.4. The Bertz CT molecular complexity index is 549. The quantitative estimate of drug-likeness (QED) is 0.757. The Morgan fingerprint density at radius 3 is 2.47 bits per heavy atom. The highest BCUT2D eigenvalue weighted by Gasteiger charge is 2.14. The topological polar surface area (TPSA) is 30.7 Å². The summed E-state index contributed by atoms with van der Waals surface area (Å²) in [7, 11) is 0. The summed E-state index contributed by atoms with van der Waals surface area (Å²) in [5, 5.41) is 4.04. The molecule has 0 N–H and O–H groups in total. The summed E-state index contributed by atoms with van der Waals surface area (Å²) in [6.45, 7) is 3.84. The van der Waals surface area contributed by atoms with E-state index < -0.39 is 17.6 Å². The van der Waals surface area contributed by atoms with Crippen LogP contribution < -0.4 is 0 Å². The molecule has 2 aromatic heterocycles. The molecule has 2 aromatic rings. The first kappa shape index (κ1) is 11.6. The molecule has 0 radical (unpaired) electrons. The molecule has 0 saturated carbocycles. The van der Waals surface area contributed by atoms with Crippen molar-refractivity contribution in [1.82, 2.24) is 14.8 Å². The highest BCUT2D eigenvalue weighted by atomic mass is 19.2. The highest BCUT2D eigenvalue weighted by Crippen LogP contribution is 2.16. The second kappa shape index (κ2) is 4.20. The number of hydrogen-bond acceptors (Lipinski definition) is 2. The average Bonchev–Trinajstić information content (AvgIpc) is 2.72. The van der Waals surface area contributed by atoms with Crippen LogP contribution in [-0.4, -0.2) is 14.8 Å². The molecule has 2 heterocycles. The third-order valence-corrected chi connectivity index (χ3v) is 2.29. The molecule has 90 valence electrons. The first-order valence-electron chi connectivity index (χ1n) is 5.06. The highest BCUT2D eigenvalue weighted by molar-refractivity contribution is 5.25. The largest absolute Gasteiger partial charge is 0.251 e. The lowest BCUT2D eigenvalue weighted by molar-refractivity contribution is 0.458. The molecule has 0 fully saturated rings. The lowest BCUT2D eigenvalue weighted by Gasteiger charge is -2.03. The molecule has 0 spiro atoms. The van der Waals surface area contributed by atoms with Gasteiger partial charge in [-0.15, -0.1) is 0 Å². The van der Waals surface area contributed by atoms with Gasteiger partial charge in [-0.3, -0.25) is 0 Å². The van der Waals surface area contributed by atoms with Gasteiger partial charge in [0.05, 0.1) is 5.69 Å². The third kappa shape index (κ3) is 2.15. The molecule has 0 unspecified atom stereocenters. The molecule has 2 rings (SSSR count). The van der Waals surface area contributed by atoms with Gasteiger partial charge < -0.3 is 0 Å². The predicted octanol–water partition coefficient (Wildman–Crippen LogP) is 2.81. The molecule has 0 aliphatic heterocycles. The molecule has 17 heavy (non-hydrogen) atoms. The lowest BCUT2D eigenvalue weighted by Crippen LogP contribution is -2.06. The minimum absolute atomic E-state index is 0.157. The third-order valence-electron chi connectivity index (χ3n) is 2.29. The normalized spacial score (nSPS) is 11.2. The van der Waals surface area contributed by atoms with Gasteiger partial charge >= 0.3 is 0 Å². The van der Waals surface area contributed by atoms with E-state index in [9.17, 15) is 13.2 Å². The van der Waals surface area contributed by atoms with Gasteiger partial charge in [-0.1, -0.05) is 13.8 Å². The van der Waals surface area contributed by atoms with Crippen LogP contribution >= 0.6 is 0 Å². The van der Waals surface area contributed by atoms with Crippen molar-refractivity contribution in [3.63, 3.8) is 0 Å². The molecule has 0 amide bonds. The standard InChI is InChI=1S/C11H10F3N3/c1-6(2)9-3-4-17(16-9)11-8(13)5-7(12)10(14)15-11/h3-6H,1-2H3. The fourth-order valence-corrected chi connectivity index (χ4v) is 1.36. The summed E-state index contributed by atoms with van der Waals surface area (Å²) in [6.07, 6.45) is 1.46. The van der Waals surface area contributed by atoms with Crippen molar-refractivity contribution < 1.29 is 13.2 Å². The van der Waals surface area contributed by atoms with Gasteiger partial charge in [0.25, 0.3) is 5.95 Å². The molecular formula is C11H10F3N3. The van der Waals surface area contributed by atoms with Crippen LogP contribution in [0.15, 0.2) is 18.3 Å². The van der Waals surface area contributed by atoms with E-state index in [0.717, 1.165) is 10.4 Å². The SMILES string of the molecule is CC(C)c1ccn(-c2nc(F)c(F)cc2F)n1. The van der Waals surface area contributed by atoms with E-state index >= 15 is 0 Å². The summed E-state index contributed by atoms with van der Waals surface area (Å²) in [5.74, 6) is -3.81. The van der Waals surface area contributed by atoms with E-state index in [1.54, 1.807) is 6.07 Å². The van der Waals surface area contributed by atoms with Gasteiger partial charge in [0.2, 0.25) is 0 Å². The van der Waals surface area contributed by atoms with Crippen LogP contribution in [0.4, 0.5) is 13.2 Å². The van der Waals surface area contributed by atoms with Crippen molar-refractivity contribution in [2.45, 2.75) is 19.8 Å². The van der Waals surface area contributed by atoms with E-state index in [-0.39, 0.29) is 11.7 Å². The number of hydrogen-bond donors (Lipinski definition) is 0. The van der Waals surface area contributed by atoms with E-state index in [4.69, 9.17) is 0 Å². The monoisotopic (exact) mass is 241 g/mol. The van der Waals surface area contributed by atoms with Crippen LogP contribution in [0.2, 0.25) is 0 Å². The van der Waals surface area contributed by atoms with Crippen molar-refractivity contribution in [1.29, 1.82) is 0 Å². The van der Waals surface area contributed by atoms with Crippen molar-refractivity contribution in [2.24, 2.45) is 0 Å². The maximum Gasteiger partial charge on any atom is 0.251 e. The smallest absolute Gasteiger partial charge is 0.220 e. The molecule has 3 nitrogen and oxygen atoms in total. The number of pyridine rings is 1. The van der Waals surface area contributed by atoms with Crippen molar-refractivity contribution in [3.05, 3.63) is 41.6 Å². The predicted molar refractivity (Wildman–Crippen MR) is 55.3 cm³/mol. The van der Waals surface area contributed by atoms with Gasteiger partial charge in [-0.05, 0) is 12.0 Å². The van der Waals surface area contributed by atoms with Crippen LogP contribution in [0.25, 0.3) is 5.82 Å². The molecule has 0 saturated heterocycles. The maximum atomic E-state index is 13.4. The van der Waals surface area contributed by atoms with Crippen LogP contribution in [0, 0.1) is 17.6 Å². The Kier molecular flexibility index (Phi) is 2.87. The first-order chi connectivity index (χ1) is 7.99. The molecule has 6 heteroatoms. The summed E-state index contributed by atoms with van der Waals surface area (Å²) < 4.78 is 40.1. The van der Waals surface area contributed by atoms with E-state index in [1.807, 2.05) is 13.8 Å². The van der Waals surface area contributed by atoms with Crippen molar-refractivity contribution >= 4 is 0 Å². The molecule has 0 aliphatic carbocycles. The lowest BCUT2D eigenvalue weighted by atomic mass is 10.1. The Hall–Kier alpha value is -1.85. The van der Waals surface area contributed by atoms with Crippen molar-refractivity contribution in [3.8, 4) is 5.82 Å². The Balaban J connectivity index is 2.49. The first-order valence-corrected chi connectivity index (χ1v) is 5.06. The van der Waals surface area contributed by atoms with Crippen LogP contribution in [0.1, 0.15) is 25.5 Å². The fourth-order valence-electron chi connectivity index (χ4n) is 1.36. The second-order valence-corrected chi connectivity index (χ2v) is 3.91. The minimum atomic E-state index is -1.34. The zero-order valence-electron chi connectivity index (χ0n) is 9.28. The van der Waals surface area contributed by atoms with E-state index in [0.29, 0.717) is 6.07 Å². The van der Waals surface area contributed by atoms with Crippen molar-refractivity contribution in [2.75, 3.05) is 0 Å². The second-order valence-electron chi connectivity index (χ2n) is 3.91. The van der Waals surface area contributed by atoms with Gasteiger partial charge in [-0.25, -0.2) is 13.5 Å². The fraction of sp³-hybridized carbons (Fsp3) is 0.273. The van der Waals surface area contributed by atoms with Gasteiger partial charge in [0.1, 0.15) is 0 Å². The molecule has 0 aliphatic rings. The number of rotatable bonds is 2. The summed E-state index contributed by atoms with van der Waals surface area (Å²) in [4.78, 5) is 3.20. The summed E-state index contributed by atoms with van der Waals surface area (Å²) in [5.41, 5.74) is 0.718. The van der Waals surface area contributed by atoms with Crippen LogP contribution in [0.5, 0.6) is 0 Å². The number of halogens is 3. The minimum Gasteiger partial charge on any atom is -0.220 e. The molecule has 0 bridgehead atoms. The number of aromatic nitrogens is 3. The molecule has 0 atom stereocenters. The Morgan fingerprint density at radius 2 is 1.88 bits per heavy atom. The number of nitrogens with zero attached hydrogens (tertiary/aromatic N) is 3. The van der Waals surface area contributed by atoms with E-state index in [1.165, 1.54) is 6.20 Å². The molecule has 0 aromatic carbocycles. The zero-order chi connectivity index (χ0) is 12.6.